The Labute approximate surface area is 117 Å². The summed E-state index contributed by atoms with van der Waals surface area (Å²) in [6, 6.07) is 3.82. The lowest BCUT2D eigenvalue weighted by Gasteiger charge is -1.96. The van der Waals surface area contributed by atoms with E-state index in [-0.39, 0.29) is 0 Å². The van der Waals surface area contributed by atoms with E-state index in [1.54, 1.807) is 11.4 Å². The number of fused-ring (bicyclic) bond motifs is 1. The summed E-state index contributed by atoms with van der Waals surface area (Å²) >= 11 is 3.39. The largest absolute Gasteiger partial charge is 0.352 e. The van der Waals surface area contributed by atoms with Crippen LogP contribution in [-0.2, 0) is 6.42 Å². The van der Waals surface area contributed by atoms with Crippen LogP contribution >= 0.6 is 15.9 Å². The van der Waals surface area contributed by atoms with Gasteiger partial charge in [0.15, 0.2) is 11.5 Å². The highest BCUT2D eigenvalue weighted by Gasteiger charge is 2.05. The third kappa shape index (κ3) is 2.73. The summed E-state index contributed by atoms with van der Waals surface area (Å²) in [6.07, 6.45) is 2.50. The monoisotopic (exact) mass is 322 g/mol. The van der Waals surface area contributed by atoms with Gasteiger partial charge in [0.05, 0.1) is 0 Å². The lowest BCUT2D eigenvalue weighted by Crippen LogP contribution is -2.06. The molecule has 19 heavy (non-hydrogen) atoms. The average molecular weight is 323 g/mol. The molecular formula is C11H11BrN6O. The van der Waals surface area contributed by atoms with Crippen molar-refractivity contribution in [3.63, 3.8) is 0 Å². The second kappa shape index (κ2) is 4.96. The molecule has 0 radical (unpaired) electrons. The van der Waals surface area contributed by atoms with Crippen molar-refractivity contribution in [1.82, 2.24) is 24.7 Å². The molecule has 98 valence electrons. The number of anilines is 1. The van der Waals surface area contributed by atoms with E-state index in [0.29, 0.717) is 30.6 Å². The number of rotatable bonds is 4. The zero-order chi connectivity index (χ0) is 13.2. The van der Waals surface area contributed by atoms with Crippen LogP contribution in [0.1, 0.15) is 11.7 Å². The van der Waals surface area contributed by atoms with Gasteiger partial charge in [-0.15, -0.1) is 5.10 Å². The van der Waals surface area contributed by atoms with Crippen LogP contribution in [0.3, 0.4) is 0 Å². The molecule has 3 aromatic heterocycles. The van der Waals surface area contributed by atoms with Crippen molar-refractivity contribution in [3.8, 4) is 0 Å². The van der Waals surface area contributed by atoms with Crippen LogP contribution in [0.15, 0.2) is 27.3 Å². The number of hydrogen-bond donors (Lipinski definition) is 1. The third-order valence-electron chi connectivity index (χ3n) is 2.49. The van der Waals surface area contributed by atoms with Crippen molar-refractivity contribution < 1.29 is 4.52 Å². The van der Waals surface area contributed by atoms with Crippen LogP contribution in [0.4, 0.5) is 5.95 Å². The summed E-state index contributed by atoms with van der Waals surface area (Å²) in [5.41, 5.74) is 0.791. The first kappa shape index (κ1) is 12.1. The van der Waals surface area contributed by atoms with E-state index in [9.17, 15) is 0 Å². The maximum atomic E-state index is 5.02. The topological polar surface area (TPSA) is 81.1 Å². The third-order valence-corrected chi connectivity index (χ3v) is 2.96. The lowest BCUT2D eigenvalue weighted by atomic mass is 10.4. The highest BCUT2D eigenvalue weighted by molar-refractivity contribution is 9.10. The first-order chi connectivity index (χ1) is 9.20. The number of hydrogen-bond acceptors (Lipinski definition) is 6. The molecule has 7 nitrogen and oxygen atoms in total. The van der Waals surface area contributed by atoms with Crippen LogP contribution < -0.4 is 5.32 Å². The summed E-state index contributed by atoms with van der Waals surface area (Å²) < 4.78 is 7.69. The summed E-state index contributed by atoms with van der Waals surface area (Å²) in [7, 11) is 0. The molecule has 0 aromatic carbocycles. The standard InChI is InChI=1S/C11H11BrN6O/c1-7-14-10(19-17-7)4-5-13-11-15-9-3-2-8(12)6-18(9)16-11/h2-3,6H,4-5H2,1H3,(H,13,16). The zero-order valence-electron chi connectivity index (χ0n) is 10.2. The molecule has 8 heteroatoms. The van der Waals surface area contributed by atoms with Crippen molar-refractivity contribution in [1.29, 1.82) is 0 Å². The summed E-state index contributed by atoms with van der Waals surface area (Å²) in [6.45, 7) is 2.43. The normalized spacial score (nSPS) is 11.1. The number of nitrogens with one attached hydrogen (secondary N) is 1. The predicted molar refractivity (Wildman–Crippen MR) is 71.9 cm³/mol. The van der Waals surface area contributed by atoms with E-state index in [1.165, 1.54) is 0 Å². The SMILES string of the molecule is Cc1noc(CCNc2nc3ccc(Br)cn3n2)n1. The van der Waals surface area contributed by atoms with Gasteiger partial charge in [-0.25, -0.2) is 4.52 Å². The summed E-state index contributed by atoms with van der Waals surface area (Å²) in [5.74, 6) is 1.83. The number of nitrogens with zero attached hydrogens (tertiary/aromatic N) is 5. The molecule has 0 saturated heterocycles. The number of aryl methyl sites for hydroxylation is 1. The Bertz CT molecular complexity index is 706. The minimum atomic E-state index is 0.578. The van der Waals surface area contributed by atoms with Crippen molar-refractivity contribution in [2.75, 3.05) is 11.9 Å². The van der Waals surface area contributed by atoms with Crippen molar-refractivity contribution in [2.24, 2.45) is 0 Å². The molecular weight excluding hydrogens is 312 g/mol. The van der Waals surface area contributed by atoms with Gasteiger partial charge < -0.3 is 9.84 Å². The summed E-state index contributed by atoms with van der Waals surface area (Å²) in [5, 5.41) is 11.2. The maximum Gasteiger partial charge on any atom is 0.243 e. The highest BCUT2D eigenvalue weighted by atomic mass is 79.9. The van der Waals surface area contributed by atoms with Gasteiger partial charge in [0.1, 0.15) is 0 Å². The van der Waals surface area contributed by atoms with Gasteiger partial charge in [-0.3, -0.25) is 0 Å². The van der Waals surface area contributed by atoms with E-state index in [1.807, 2.05) is 18.3 Å². The molecule has 0 aliphatic rings. The zero-order valence-corrected chi connectivity index (χ0v) is 11.8. The molecule has 3 aromatic rings. The van der Waals surface area contributed by atoms with E-state index in [0.717, 1.165) is 10.1 Å². The molecule has 0 aliphatic carbocycles. The Morgan fingerprint density at radius 3 is 3.05 bits per heavy atom. The second-order valence-electron chi connectivity index (χ2n) is 4.00. The Morgan fingerprint density at radius 1 is 1.37 bits per heavy atom. The fourth-order valence-electron chi connectivity index (χ4n) is 1.66. The molecule has 0 fully saturated rings. The van der Waals surface area contributed by atoms with E-state index in [2.05, 4.69) is 41.5 Å². The van der Waals surface area contributed by atoms with E-state index in [4.69, 9.17) is 4.52 Å². The van der Waals surface area contributed by atoms with Crippen LogP contribution in [0.25, 0.3) is 5.65 Å². The Hall–Kier alpha value is -1.96. The number of pyridine rings is 1. The van der Waals surface area contributed by atoms with Crippen molar-refractivity contribution >= 4 is 27.5 Å². The number of halogens is 1. The molecule has 3 rings (SSSR count). The molecule has 1 N–H and O–H groups in total. The maximum absolute atomic E-state index is 5.02. The van der Waals surface area contributed by atoms with Gasteiger partial charge in [0, 0.05) is 23.6 Å². The molecule has 0 atom stereocenters. The van der Waals surface area contributed by atoms with Crippen LogP contribution in [0.2, 0.25) is 0 Å². The number of aromatic nitrogens is 5. The van der Waals surface area contributed by atoms with Gasteiger partial charge >= 0.3 is 0 Å². The molecule has 0 saturated carbocycles. The first-order valence-electron chi connectivity index (χ1n) is 5.76. The van der Waals surface area contributed by atoms with Gasteiger partial charge in [0.2, 0.25) is 11.8 Å². The van der Waals surface area contributed by atoms with Crippen LogP contribution in [-0.4, -0.2) is 31.3 Å². The van der Waals surface area contributed by atoms with Gasteiger partial charge in [-0.05, 0) is 35.0 Å². The highest BCUT2D eigenvalue weighted by Crippen LogP contribution is 2.12. The fraction of sp³-hybridized carbons (Fsp3) is 0.273. The molecule has 0 bridgehead atoms. The van der Waals surface area contributed by atoms with Gasteiger partial charge in [-0.1, -0.05) is 5.16 Å². The molecule has 0 aliphatic heterocycles. The smallest absolute Gasteiger partial charge is 0.243 e. The lowest BCUT2D eigenvalue weighted by molar-refractivity contribution is 0.377. The predicted octanol–water partition coefficient (Wildman–Crippen LogP) is 1.84. The molecule has 0 amide bonds. The minimum absolute atomic E-state index is 0.578. The molecule has 3 heterocycles. The summed E-state index contributed by atoms with van der Waals surface area (Å²) in [4.78, 5) is 8.47. The fourth-order valence-corrected chi connectivity index (χ4v) is 1.98. The molecule has 0 spiro atoms. The second-order valence-corrected chi connectivity index (χ2v) is 4.91. The average Bonchev–Trinajstić information content (AvgIpc) is 2.95. The Kier molecular flexibility index (Phi) is 3.16. The Balaban J connectivity index is 1.65. The minimum Gasteiger partial charge on any atom is -0.352 e. The van der Waals surface area contributed by atoms with Crippen LogP contribution in [0, 0.1) is 6.92 Å². The van der Waals surface area contributed by atoms with E-state index < -0.39 is 0 Å². The van der Waals surface area contributed by atoms with Gasteiger partial charge in [0.25, 0.3) is 0 Å². The van der Waals surface area contributed by atoms with Crippen molar-refractivity contribution in [3.05, 3.63) is 34.5 Å². The van der Waals surface area contributed by atoms with Crippen molar-refractivity contribution in [2.45, 2.75) is 13.3 Å². The van der Waals surface area contributed by atoms with Gasteiger partial charge in [-0.2, -0.15) is 9.97 Å². The van der Waals surface area contributed by atoms with E-state index >= 15 is 0 Å². The quantitative estimate of drug-likeness (QED) is 0.789. The Morgan fingerprint density at radius 2 is 2.26 bits per heavy atom. The molecule has 0 unspecified atom stereocenters. The van der Waals surface area contributed by atoms with Crippen LogP contribution in [0.5, 0.6) is 0 Å². The first-order valence-corrected chi connectivity index (χ1v) is 6.55.